The monoisotopic (exact) mass is 355 g/mol. The number of amides is 1. The van der Waals surface area contributed by atoms with Gasteiger partial charge in [-0.2, -0.15) is 0 Å². The second-order valence-corrected chi connectivity index (χ2v) is 6.46. The molecule has 138 valence electrons. The molecule has 1 saturated heterocycles. The molecule has 1 amide bonds. The van der Waals surface area contributed by atoms with Crippen LogP contribution in [0.4, 0.5) is 0 Å². The minimum Gasteiger partial charge on any atom is -0.497 e. The predicted octanol–water partition coefficient (Wildman–Crippen LogP) is 1.90. The van der Waals surface area contributed by atoms with Crippen LogP contribution in [0.5, 0.6) is 5.75 Å². The van der Waals surface area contributed by atoms with E-state index in [-0.39, 0.29) is 5.91 Å². The topological polar surface area (TPSA) is 74.7 Å². The van der Waals surface area contributed by atoms with Crippen molar-refractivity contribution in [1.29, 1.82) is 0 Å². The first-order valence-corrected chi connectivity index (χ1v) is 8.92. The molecule has 0 aliphatic carbocycles. The number of ether oxygens (including phenoxy) is 1. The molecule has 1 fully saturated rings. The predicted molar refractivity (Wildman–Crippen MR) is 98.6 cm³/mol. The van der Waals surface area contributed by atoms with Gasteiger partial charge in [0.2, 0.25) is 5.91 Å². The number of methoxy groups -OCH3 is 1. The number of aliphatic hydroxyl groups is 1. The van der Waals surface area contributed by atoms with E-state index in [1.54, 1.807) is 31.6 Å². The summed E-state index contributed by atoms with van der Waals surface area (Å²) in [5.41, 5.74) is 1.70. The lowest BCUT2D eigenvalue weighted by molar-refractivity contribution is -0.135. The third-order valence-electron chi connectivity index (χ3n) is 4.73. The number of rotatable bonds is 7. The number of nitrogens with one attached hydrogen (secondary N) is 1. The van der Waals surface area contributed by atoms with Gasteiger partial charge in [0.05, 0.1) is 7.11 Å². The number of benzene rings is 1. The van der Waals surface area contributed by atoms with Crippen molar-refractivity contribution in [3.8, 4) is 5.75 Å². The van der Waals surface area contributed by atoms with Gasteiger partial charge < -0.3 is 14.7 Å². The average Bonchev–Trinajstić information content (AvgIpc) is 3.24. The molecule has 0 saturated carbocycles. The Hall–Kier alpha value is -2.44. The lowest BCUT2D eigenvalue weighted by atomic mass is 10.0. The first kappa shape index (κ1) is 18.4. The van der Waals surface area contributed by atoms with Crippen LogP contribution in [0.2, 0.25) is 0 Å². The van der Waals surface area contributed by atoms with Crippen LogP contribution >= 0.6 is 0 Å². The maximum atomic E-state index is 12.9. The van der Waals surface area contributed by atoms with Gasteiger partial charge in [0.1, 0.15) is 17.9 Å². The molecule has 1 aromatic heterocycles. The molecule has 3 rings (SSSR count). The Bertz CT molecular complexity index is 700. The zero-order valence-corrected chi connectivity index (χ0v) is 15.0. The largest absolute Gasteiger partial charge is 0.497 e. The zero-order valence-electron chi connectivity index (χ0n) is 15.0. The van der Waals surface area contributed by atoms with Crippen molar-refractivity contribution in [2.75, 3.05) is 20.2 Å². The van der Waals surface area contributed by atoms with E-state index in [9.17, 15) is 9.90 Å². The molecule has 6 heteroatoms. The molecule has 0 spiro atoms. The fourth-order valence-corrected chi connectivity index (χ4v) is 3.19. The Morgan fingerprint density at radius 2 is 1.85 bits per heavy atom. The van der Waals surface area contributed by atoms with Crippen molar-refractivity contribution >= 4 is 5.91 Å². The first-order chi connectivity index (χ1) is 12.7. The van der Waals surface area contributed by atoms with E-state index in [0.717, 1.165) is 37.2 Å². The van der Waals surface area contributed by atoms with Crippen molar-refractivity contribution in [3.63, 3.8) is 0 Å². The number of carbonyl (C=O) groups is 1. The number of carbonyl (C=O) groups excluding carboxylic acids is 1. The molecule has 1 aliphatic heterocycles. The second kappa shape index (κ2) is 8.78. The van der Waals surface area contributed by atoms with Gasteiger partial charge in [-0.05, 0) is 48.2 Å². The van der Waals surface area contributed by atoms with E-state index in [1.807, 2.05) is 29.2 Å². The first-order valence-electron chi connectivity index (χ1n) is 8.92. The van der Waals surface area contributed by atoms with Gasteiger partial charge in [-0.1, -0.05) is 12.1 Å². The van der Waals surface area contributed by atoms with E-state index < -0.39 is 12.1 Å². The number of hydrogen-bond donors (Lipinski definition) is 2. The van der Waals surface area contributed by atoms with Crippen LogP contribution in [0.25, 0.3) is 0 Å². The van der Waals surface area contributed by atoms with Crippen LogP contribution in [0.3, 0.4) is 0 Å². The smallest absolute Gasteiger partial charge is 0.242 e. The Balaban J connectivity index is 1.74. The van der Waals surface area contributed by atoms with Crippen molar-refractivity contribution in [1.82, 2.24) is 15.2 Å². The van der Waals surface area contributed by atoms with Gasteiger partial charge in [-0.25, -0.2) is 0 Å². The van der Waals surface area contributed by atoms with Crippen LogP contribution in [-0.2, 0) is 11.3 Å². The molecule has 0 bridgehead atoms. The fraction of sp³-hybridized carbons (Fsp3) is 0.400. The molecule has 0 radical (unpaired) electrons. The lowest BCUT2D eigenvalue weighted by Gasteiger charge is -2.28. The number of hydrogen-bond acceptors (Lipinski definition) is 5. The van der Waals surface area contributed by atoms with Gasteiger partial charge in [0.25, 0.3) is 0 Å². The Morgan fingerprint density at radius 1 is 1.19 bits per heavy atom. The molecule has 2 aromatic rings. The molecule has 2 heterocycles. The summed E-state index contributed by atoms with van der Waals surface area (Å²) in [6.07, 6.45) is 4.35. The second-order valence-electron chi connectivity index (χ2n) is 6.46. The third kappa shape index (κ3) is 4.39. The van der Waals surface area contributed by atoms with Crippen molar-refractivity contribution in [3.05, 3.63) is 59.9 Å². The highest BCUT2D eigenvalue weighted by Gasteiger charge is 2.32. The van der Waals surface area contributed by atoms with Gasteiger partial charge >= 0.3 is 0 Å². The molecule has 1 aromatic carbocycles. The quantitative estimate of drug-likeness (QED) is 0.794. The van der Waals surface area contributed by atoms with Gasteiger partial charge in [-0.15, -0.1) is 0 Å². The number of nitrogens with zero attached hydrogens (tertiary/aromatic N) is 2. The van der Waals surface area contributed by atoms with Crippen molar-refractivity contribution < 1.29 is 14.6 Å². The summed E-state index contributed by atoms with van der Waals surface area (Å²) in [7, 11) is 1.63. The minimum atomic E-state index is -0.927. The standard InChI is InChI=1S/C20H25N3O3/c1-26-17-6-4-15(5-7-17)14-22-18(20(25)23-12-2-3-13-23)19(24)16-8-10-21-11-9-16/h4-11,18-19,22,24H,2-3,12-14H2,1H3. The zero-order chi connectivity index (χ0) is 18.4. The number of pyridine rings is 1. The molecule has 2 unspecified atom stereocenters. The SMILES string of the molecule is COc1ccc(CNC(C(=O)N2CCCC2)C(O)c2ccncc2)cc1. The molecule has 6 nitrogen and oxygen atoms in total. The number of aromatic nitrogens is 1. The molecule has 2 N–H and O–H groups in total. The van der Waals surface area contributed by atoms with Crippen LogP contribution in [0, 0.1) is 0 Å². The van der Waals surface area contributed by atoms with Crippen molar-refractivity contribution in [2.45, 2.75) is 31.5 Å². The van der Waals surface area contributed by atoms with E-state index >= 15 is 0 Å². The highest BCUT2D eigenvalue weighted by atomic mass is 16.5. The summed E-state index contributed by atoms with van der Waals surface area (Å²) in [5.74, 6) is 0.732. The van der Waals surface area contributed by atoms with Crippen LogP contribution in [-0.4, -0.2) is 47.1 Å². The lowest BCUT2D eigenvalue weighted by Crippen LogP contribution is -2.48. The number of likely N-dealkylation sites (tertiary alicyclic amines) is 1. The summed E-state index contributed by atoms with van der Waals surface area (Å²) in [6.45, 7) is 1.99. The number of aliphatic hydroxyl groups excluding tert-OH is 1. The van der Waals surface area contributed by atoms with E-state index in [4.69, 9.17) is 4.74 Å². The van der Waals surface area contributed by atoms with E-state index in [1.165, 1.54) is 0 Å². The highest BCUT2D eigenvalue weighted by Crippen LogP contribution is 2.21. The summed E-state index contributed by atoms with van der Waals surface area (Å²) in [6, 6.07) is 10.4. The summed E-state index contributed by atoms with van der Waals surface area (Å²) in [4.78, 5) is 18.8. The van der Waals surface area contributed by atoms with Gasteiger partial charge in [-0.3, -0.25) is 15.1 Å². The summed E-state index contributed by atoms with van der Waals surface area (Å²) >= 11 is 0. The summed E-state index contributed by atoms with van der Waals surface area (Å²) in [5, 5.41) is 14.1. The average molecular weight is 355 g/mol. The fourth-order valence-electron chi connectivity index (χ4n) is 3.19. The molecule has 26 heavy (non-hydrogen) atoms. The Kier molecular flexibility index (Phi) is 6.20. The molecular weight excluding hydrogens is 330 g/mol. The van der Waals surface area contributed by atoms with Crippen molar-refractivity contribution in [2.24, 2.45) is 0 Å². The van der Waals surface area contributed by atoms with E-state index in [2.05, 4.69) is 10.3 Å². The normalized spacial score (nSPS) is 16.3. The van der Waals surface area contributed by atoms with Crippen LogP contribution < -0.4 is 10.1 Å². The maximum absolute atomic E-state index is 12.9. The van der Waals surface area contributed by atoms with Crippen LogP contribution in [0.1, 0.15) is 30.1 Å². The maximum Gasteiger partial charge on any atom is 0.242 e. The Morgan fingerprint density at radius 3 is 2.46 bits per heavy atom. The summed E-state index contributed by atoms with van der Waals surface area (Å²) < 4.78 is 5.17. The third-order valence-corrected chi connectivity index (χ3v) is 4.73. The molecule has 2 atom stereocenters. The molecular formula is C20H25N3O3. The van der Waals surface area contributed by atoms with Gasteiger partial charge in [0, 0.05) is 32.0 Å². The molecule has 1 aliphatic rings. The minimum absolute atomic E-state index is 0.0553. The van der Waals surface area contributed by atoms with Gasteiger partial charge in [0.15, 0.2) is 0 Å². The van der Waals surface area contributed by atoms with E-state index in [0.29, 0.717) is 12.1 Å². The Labute approximate surface area is 153 Å². The van der Waals surface area contributed by atoms with Crippen LogP contribution in [0.15, 0.2) is 48.8 Å². The highest BCUT2D eigenvalue weighted by molar-refractivity contribution is 5.83.